The Hall–Kier alpha value is -3.11. The van der Waals surface area contributed by atoms with Crippen molar-refractivity contribution in [2.24, 2.45) is 0 Å². The van der Waals surface area contributed by atoms with Crippen LogP contribution in [-0.2, 0) is 4.79 Å². The van der Waals surface area contributed by atoms with Gasteiger partial charge in [-0.3, -0.25) is 9.59 Å². The second-order valence-electron chi connectivity index (χ2n) is 6.20. The Morgan fingerprint density at radius 2 is 1.68 bits per heavy atom. The summed E-state index contributed by atoms with van der Waals surface area (Å²) in [6, 6.07) is 22.8. The van der Waals surface area contributed by atoms with Gasteiger partial charge in [0.15, 0.2) is 11.9 Å². The predicted octanol–water partition coefficient (Wildman–Crippen LogP) is 5.37. The van der Waals surface area contributed by atoms with Crippen molar-refractivity contribution in [3.05, 3.63) is 95.0 Å². The number of hydrogen-bond acceptors (Lipinski definition) is 3. The summed E-state index contributed by atoms with van der Waals surface area (Å²) in [7, 11) is 0. The smallest absolute Gasteiger partial charge is 0.265 e. The molecule has 28 heavy (non-hydrogen) atoms. The molecule has 0 unspecified atom stereocenters. The highest BCUT2D eigenvalue weighted by molar-refractivity contribution is 6.30. The Labute approximate surface area is 169 Å². The van der Waals surface area contributed by atoms with E-state index in [1.807, 2.05) is 13.0 Å². The SMILES string of the molecule is CC[C@@H](Oc1cccc(Cl)c1)C(=O)Nc1ccccc1C(=O)c1ccccc1. The number of carbonyl (C=O) groups excluding carboxylic acids is 2. The number of para-hydroxylation sites is 1. The van der Waals surface area contributed by atoms with Crippen molar-refractivity contribution in [3.8, 4) is 5.75 Å². The number of carbonyl (C=O) groups is 2. The van der Waals surface area contributed by atoms with Gasteiger partial charge in [-0.2, -0.15) is 0 Å². The molecular weight excluding hydrogens is 374 g/mol. The lowest BCUT2D eigenvalue weighted by atomic mass is 10.0. The molecule has 3 rings (SSSR count). The van der Waals surface area contributed by atoms with Crippen LogP contribution >= 0.6 is 11.6 Å². The zero-order valence-electron chi connectivity index (χ0n) is 15.4. The van der Waals surface area contributed by atoms with Gasteiger partial charge < -0.3 is 10.1 Å². The molecule has 0 fully saturated rings. The van der Waals surface area contributed by atoms with E-state index in [2.05, 4.69) is 5.32 Å². The molecule has 0 spiro atoms. The monoisotopic (exact) mass is 393 g/mol. The van der Waals surface area contributed by atoms with E-state index < -0.39 is 6.10 Å². The third-order valence-electron chi connectivity index (χ3n) is 4.20. The normalized spacial score (nSPS) is 11.5. The first kappa shape index (κ1) is 19.6. The highest BCUT2D eigenvalue weighted by atomic mass is 35.5. The second-order valence-corrected chi connectivity index (χ2v) is 6.64. The molecule has 0 aromatic heterocycles. The Bertz CT molecular complexity index is 972. The van der Waals surface area contributed by atoms with E-state index in [0.29, 0.717) is 34.0 Å². The van der Waals surface area contributed by atoms with Gasteiger partial charge in [-0.25, -0.2) is 0 Å². The number of amides is 1. The van der Waals surface area contributed by atoms with E-state index in [9.17, 15) is 9.59 Å². The summed E-state index contributed by atoms with van der Waals surface area (Å²) < 4.78 is 5.78. The van der Waals surface area contributed by atoms with E-state index in [1.54, 1.807) is 72.8 Å². The van der Waals surface area contributed by atoms with Gasteiger partial charge in [-0.15, -0.1) is 0 Å². The number of ether oxygens (including phenoxy) is 1. The molecule has 3 aromatic rings. The Morgan fingerprint density at radius 3 is 2.39 bits per heavy atom. The van der Waals surface area contributed by atoms with Crippen molar-refractivity contribution < 1.29 is 14.3 Å². The number of ketones is 1. The molecule has 0 radical (unpaired) electrons. The van der Waals surface area contributed by atoms with Gasteiger partial charge in [0, 0.05) is 16.1 Å². The summed E-state index contributed by atoms with van der Waals surface area (Å²) in [5.74, 6) is 0.0410. The zero-order chi connectivity index (χ0) is 19.9. The van der Waals surface area contributed by atoms with E-state index in [-0.39, 0.29) is 11.7 Å². The number of benzene rings is 3. The molecule has 4 nitrogen and oxygen atoms in total. The van der Waals surface area contributed by atoms with Gasteiger partial charge in [0.1, 0.15) is 5.75 Å². The maximum absolute atomic E-state index is 12.8. The van der Waals surface area contributed by atoms with Gasteiger partial charge in [0.05, 0.1) is 5.69 Å². The summed E-state index contributed by atoms with van der Waals surface area (Å²) in [5, 5.41) is 3.36. The summed E-state index contributed by atoms with van der Waals surface area (Å²) >= 11 is 5.98. The maximum atomic E-state index is 12.8. The molecule has 142 valence electrons. The fourth-order valence-electron chi connectivity index (χ4n) is 2.78. The number of anilines is 1. The molecule has 3 aromatic carbocycles. The van der Waals surface area contributed by atoms with E-state index >= 15 is 0 Å². The topological polar surface area (TPSA) is 55.4 Å². The van der Waals surface area contributed by atoms with Crippen LogP contribution in [0.25, 0.3) is 0 Å². The Balaban J connectivity index is 1.79. The standard InChI is InChI=1S/C23H20ClNO3/c1-2-21(28-18-12-8-11-17(24)15-18)23(27)25-20-14-7-6-13-19(20)22(26)16-9-4-3-5-10-16/h3-15,21H,2H2,1H3,(H,25,27)/t21-/m1/s1. The van der Waals surface area contributed by atoms with Crippen molar-refractivity contribution >= 4 is 29.0 Å². The largest absolute Gasteiger partial charge is 0.481 e. The summed E-state index contributed by atoms with van der Waals surface area (Å²) in [6.45, 7) is 1.86. The highest BCUT2D eigenvalue weighted by Gasteiger charge is 2.21. The lowest BCUT2D eigenvalue weighted by molar-refractivity contribution is -0.122. The lowest BCUT2D eigenvalue weighted by Crippen LogP contribution is -2.32. The number of rotatable bonds is 7. The second kappa shape index (κ2) is 9.20. The Kier molecular flexibility index (Phi) is 6.45. The molecule has 0 aliphatic heterocycles. The molecule has 0 bridgehead atoms. The summed E-state index contributed by atoms with van der Waals surface area (Å²) in [4.78, 5) is 25.6. The van der Waals surface area contributed by atoms with Crippen molar-refractivity contribution in [1.82, 2.24) is 0 Å². The number of halogens is 1. The van der Waals surface area contributed by atoms with Gasteiger partial charge in [-0.05, 0) is 36.8 Å². The van der Waals surface area contributed by atoms with E-state index in [4.69, 9.17) is 16.3 Å². The van der Waals surface area contributed by atoms with Crippen LogP contribution in [0.15, 0.2) is 78.9 Å². The van der Waals surface area contributed by atoms with Crippen molar-refractivity contribution in [3.63, 3.8) is 0 Å². The molecular formula is C23H20ClNO3. The van der Waals surface area contributed by atoms with Crippen LogP contribution in [0.3, 0.4) is 0 Å². The van der Waals surface area contributed by atoms with Crippen LogP contribution in [0.4, 0.5) is 5.69 Å². The first-order valence-electron chi connectivity index (χ1n) is 9.00. The quantitative estimate of drug-likeness (QED) is 0.549. The first-order chi connectivity index (χ1) is 13.6. The molecule has 1 amide bonds. The highest BCUT2D eigenvalue weighted by Crippen LogP contribution is 2.22. The molecule has 1 atom stereocenters. The molecule has 5 heteroatoms. The number of nitrogens with one attached hydrogen (secondary N) is 1. The van der Waals surface area contributed by atoms with Gasteiger partial charge in [0.2, 0.25) is 0 Å². The lowest BCUT2D eigenvalue weighted by Gasteiger charge is -2.18. The van der Waals surface area contributed by atoms with Crippen LogP contribution < -0.4 is 10.1 Å². The van der Waals surface area contributed by atoms with Crippen LogP contribution in [0.5, 0.6) is 5.75 Å². The van der Waals surface area contributed by atoms with Crippen LogP contribution in [0, 0.1) is 0 Å². The van der Waals surface area contributed by atoms with Crippen LogP contribution in [-0.4, -0.2) is 17.8 Å². The average Bonchev–Trinajstić information content (AvgIpc) is 2.72. The van der Waals surface area contributed by atoms with Gasteiger partial charge in [0.25, 0.3) is 5.91 Å². The number of hydrogen-bond donors (Lipinski definition) is 1. The average molecular weight is 394 g/mol. The predicted molar refractivity (Wildman–Crippen MR) is 111 cm³/mol. The van der Waals surface area contributed by atoms with E-state index in [1.165, 1.54) is 0 Å². The van der Waals surface area contributed by atoms with Crippen LogP contribution in [0.2, 0.25) is 5.02 Å². The fourth-order valence-corrected chi connectivity index (χ4v) is 2.96. The molecule has 0 saturated heterocycles. The van der Waals surface area contributed by atoms with Crippen LogP contribution in [0.1, 0.15) is 29.3 Å². The third kappa shape index (κ3) is 4.78. The minimum Gasteiger partial charge on any atom is -0.481 e. The van der Waals surface area contributed by atoms with E-state index in [0.717, 1.165) is 0 Å². The molecule has 0 aliphatic carbocycles. The van der Waals surface area contributed by atoms with Gasteiger partial charge >= 0.3 is 0 Å². The molecule has 0 heterocycles. The van der Waals surface area contributed by atoms with Crippen molar-refractivity contribution in [1.29, 1.82) is 0 Å². The van der Waals surface area contributed by atoms with Crippen molar-refractivity contribution in [2.75, 3.05) is 5.32 Å². The summed E-state index contributed by atoms with van der Waals surface area (Å²) in [6.07, 6.45) is -0.244. The zero-order valence-corrected chi connectivity index (χ0v) is 16.1. The molecule has 1 N–H and O–H groups in total. The van der Waals surface area contributed by atoms with Gasteiger partial charge in [-0.1, -0.05) is 67.1 Å². The summed E-state index contributed by atoms with van der Waals surface area (Å²) in [5.41, 5.74) is 1.44. The van der Waals surface area contributed by atoms with Crippen molar-refractivity contribution in [2.45, 2.75) is 19.4 Å². The molecule has 0 aliphatic rings. The first-order valence-corrected chi connectivity index (χ1v) is 9.38. The molecule has 0 saturated carbocycles. The minimum atomic E-state index is -0.710. The minimum absolute atomic E-state index is 0.152. The maximum Gasteiger partial charge on any atom is 0.265 e. The Morgan fingerprint density at radius 1 is 0.964 bits per heavy atom. The third-order valence-corrected chi connectivity index (χ3v) is 4.44. The fraction of sp³-hybridized carbons (Fsp3) is 0.130.